The van der Waals surface area contributed by atoms with Crippen LogP contribution in [-0.4, -0.2) is 11.6 Å². The predicted octanol–water partition coefficient (Wildman–Crippen LogP) is 2.11. The van der Waals surface area contributed by atoms with Gasteiger partial charge >= 0.3 is 0 Å². The molecule has 2 heteroatoms. The molecule has 1 aliphatic rings. The zero-order valence-corrected chi connectivity index (χ0v) is 7.64. The highest BCUT2D eigenvalue weighted by Crippen LogP contribution is 2.22. The molecule has 12 heavy (non-hydrogen) atoms. The number of unbranched alkanes of at least 4 members (excludes halogenated alkanes) is 1. The molecule has 2 nitrogen and oxygen atoms in total. The van der Waals surface area contributed by atoms with Crippen LogP contribution in [0.5, 0.6) is 0 Å². The maximum atomic E-state index is 11.3. The molecule has 0 saturated heterocycles. The van der Waals surface area contributed by atoms with Gasteiger partial charge in [0, 0.05) is 12.3 Å². The van der Waals surface area contributed by atoms with Gasteiger partial charge in [-0.15, -0.1) is 0 Å². The van der Waals surface area contributed by atoms with E-state index in [9.17, 15) is 9.59 Å². The summed E-state index contributed by atoms with van der Waals surface area (Å²) in [5.41, 5.74) is 0. The predicted molar refractivity (Wildman–Crippen MR) is 46.9 cm³/mol. The van der Waals surface area contributed by atoms with E-state index in [4.69, 9.17) is 0 Å². The van der Waals surface area contributed by atoms with Crippen molar-refractivity contribution in [1.82, 2.24) is 0 Å². The molecule has 0 N–H and O–H groups in total. The van der Waals surface area contributed by atoms with E-state index in [1.807, 2.05) is 0 Å². The van der Waals surface area contributed by atoms with Gasteiger partial charge in [-0.05, 0) is 19.3 Å². The van der Waals surface area contributed by atoms with Crippen LogP contribution >= 0.6 is 0 Å². The number of ketones is 2. The molecular weight excluding hydrogens is 152 g/mol. The van der Waals surface area contributed by atoms with Crippen LogP contribution in [-0.2, 0) is 9.59 Å². The fraction of sp³-hybridized carbons (Fsp3) is 0.800. The summed E-state index contributed by atoms with van der Waals surface area (Å²) in [4.78, 5) is 22.3. The van der Waals surface area contributed by atoms with Crippen LogP contribution in [0, 0.1) is 5.92 Å². The summed E-state index contributed by atoms with van der Waals surface area (Å²) in [7, 11) is 0. The lowest BCUT2D eigenvalue weighted by molar-refractivity contribution is -0.141. The molecule has 1 aliphatic carbocycles. The van der Waals surface area contributed by atoms with Crippen molar-refractivity contribution < 1.29 is 9.59 Å². The van der Waals surface area contributed by atoms with Crippen LogP contribution in [0.1, 0.15) is 45.4 Å². The van der Waals surface area contributed by atoms with Gasteiger partial charge in [0.15, 0.2) is 5.78 Å². The van der Waals surface area contributed by atoms with Crippen molar-refractivity contribution in [3.63, 3.8) is 0 Å². The molecule has 1 fully saturated rings. The van der Waals surface area contributed by atoms with E-state index in [1.54, 1.807) is 0 Å². The minimum atomic E-state index is -0.137. The highest BCUT2D eigenvalue weighted by molar-refractivity contribution is 6.38. The Hall–Kier alpha value is -0.660. The monoisotopic (exact) mass is 168 g/mol. The molecule has 0 bridgehead atoms. The molecule has 0 spiro atoms. The van der Waals surface area contributed by atoms with Gasteiger partial charge in [-0.3, -0.25) is 9.59 Å². The highest BCUT2D eigenvalue weighted by Gasteiger charge is 2.28. The average molecular weight is 168 g/mol. The fourth-order valence-corrected chi connectivity index (χ4v) is 1.72. The summed E-state index contributed by atoms with van der Waals surface area (Å²) in [6.07, 6.45) is 5.44. The first-order valence-corrected chi connectivity index (χ1v) is 4.82. The molecule has 0 radical (unpaired) electrons. The topological polar surface area (TPSA) is 34.1 Å². The zero-order valence-electron chi connectivity index (χ0n) is 7.64. The minimum Gasteiger partial charge on any atom is -0.291 e. The average Bonchev–Trinajstić information content (AvgIpc) is 2.08. The number of hydrogen-bond acceptors (Lipinski definition) is 2. The van der Waals surface area contributed by atoms with E-state index in [1.165, 1.54) is 0 Å². The lowest BCUT2D eigenvalue weighted by atomic mass is 9.84. The molecule has 0 aromatic rings. The van der Waals surface area contributed by atoms with Gasteiger partial charge in [0.2, 0.25) is 5.78 Å². The SMILES string of the molecule is CCCCC1CCCC(=O)C1=O. The molecule has 1 saturated carbocycles. The number of rotatable bonds is 3. The Morgan fingerprint density at radius 2 is 2.17 bits per heavy atom. The first kappa shape index (κ1) is 9.43. The number of Topliss-reactive ketones (excluding diaryl/α,β-unsaturated/α-hetero) is 2. The van der Waals surface area contributed by atoms with E-state index in [0.29, 0.717) is 6.42 Å². The summed E-state index contributed by atoms with van der Waals surface area (Å²) in [5.74, 6) is -0.178. The van der Waals surface area contributed by atoms with Gasteiger partial charge in [0.05, 0.1) is 0 Å². The van der Waals surface area contributed by atoms with Crippen LogP contribution in [0.3, 0.4) is 0 Å². The second kappa shape index (κ2) is 4.39. The molecule has 0 heterocycles. The van der Waals surface area contributed by atoms with Gasteiger partial charge in [-0.2, -0.15) is 0 Å². The second-order valence-electron chi connectivity index (χ2n) is 3.52. The summed E-state index contributed by atoms with van der Waals surface area (Å²) >= 11 is 0. The Morgan fingerprint density at radius 1 is 1.42 bits per heavy atom. The summed E-state index contributed by atoms with van der Waals surface area (Å²) in [5, 5.41) is 0. The Bertz CT molecular complexity index is 184. The molecule has 1 rings (SSSR count). The van der Waals surface area contributed by atoms with Crippen molar-refractivity contribution in [2.75, 3.05) is 0 Å². The smallest absolute Gasteiger partial charge is 0.201 e. The van der Waals surface area contributed by atoms with E-state index in [2.05, 4.69) is 6.92 Å². The molecule has 0 aromatic carbocycles. The number of carbonyl (C=O) groups excluding carboxylic acids is 2. The van der Waals surface area contributed by atoms with Gasteiger partial charge in [0.25, 0.3) is 0 Å². The van der Waals surface area contributed by atoms with Gasteiger partial charge in [0.1, 0.15) is 0 Å². The van der Waals surface area contributed by atoms with Crippen molar-refractivity contribution in [3.05, 3.63) is 0 Å². The van der Waals surface area contributed by atoms with E-state index < -0.39 is 0 Å². The lowest BCUT2D eigenvalue weighted by Gasteiger charge is -2.18. The first-order chi connectivity index (χ1) is 5.75. The number of carbonyl (C=O) groups is 2. The van der Waals surface area contributed by atoms with Crippen molar-refractivity contribution in [2.45, 2.75) is 45.4 Å². The Kier molecular flexibility index (Phi) is 3.45. The summed E-state index contributed by atoms with van der Waals surface area (Å²) in [6, 6.07) is 0. The third-order valence-corrected chi connectivity index (χ3v) is 2.51. The van der Waals surface area contributed by atoms with Crippen molar-refractivity contribution >= 4 is 11.6 Å². The second-order valence-corrected chi connectivity index (χ2v) is 3.52. The molecule has 0 amide bonds. The van der Waals surface area contributed by atoms with Crippen molar-refractivity contribution in [1.29, 1.82) is 0 Å². The normalized spacial score (nSPS) is 24.6. The van der Waals surface area contributed by atoms with Crippen molar-refractivity contribution in [2.24, 2.45) is 5.92 Å². The molecular formula is C10H16O2. The standard InChI is InChI=1S/C10H16O2/c1-2-3-5-8-6-4-7-9(11)10(8)12/h8H,2-7H2,1H3. The molecule has 68 valence electrons. The van der Waals surface area contributed by atoms with Crippen LogP contribution in [0.4, 0.5) is 0 Å². The third-order valence-electron chi connectivity index (χ3n) is 2.51. The number of hydrogen-bond donors (Lipinski definition) is 0. The van der Waals surface area contributed by atoms with Gasteiger partial charge in [-0.1, -0.05) is 19.8 Å². The van der Waals surface area contributed by atoms with Crippen LogP contribution in [0.15, 0.2) is 0 Å². The highest BCUT2D eigenvalue weighted by atomic mass is 16.2. The minimum absolute atomic E-state index is 0.0613. The maximum Gasteiger partial charge on any atom is 0.201 e. The maximum absolute atomic E-state index is 11.3. The van der Waals surface area contributed by atoms with E-state index in [0.717, 1.165) is 32.1 Å². The van der Waals surface area contributed by atoms with Crippen molar-refractivity contribution in [3.8, 4) is 0 Å². The largest absolute Gasteiger partial charge is 0.291 e. The Labute approximate surface area is 73.3 Å². The van der Waals surface area contributed by atoms with E-state index in [-0.39, 0.29) is 17.5 Å². The quantitative estimate of drug-likeness (QED) is 0.605. The zero-order chi connectivity index (χ0) is 8.97. The molecule has 0 aliphatic heterocycles. The van der Waals surface area contributed by atoms with Gasteiger partial charge in [-0.25, -0.2) is 0 Å². The van der Waals surface area contributed by atoms with Crippen LogP contribution < -0.4 is 0 Å². The van der Waals surface area contributed by atoms with E-state index >= 15 is 0 Å². The molecule has 1 unspecified atom stereocenters. The molecule has 1 atom stereocenters. The summed E-state index contributed by atoms with van der Waals surface area (Å²) < 4.78 is 0. The fourth-order valence-electron chi connectivity index (χ4n) is 1.72. The summed E-state index contributed by atoms with van der Waals surface area (Å²) in [6.45, 7) is 2.11. The first-order valence-electron chi connectivity index (χ1n) is 4.82. The lowest BCUT2D eigenvalue weighted by Crippen LogP contribution is -2.28. The van der Waals surface area contributed by atoms with Crippen LogP contribution in [0.2, 0.25) is 0 Å². The Morgan fingerprint density at radius 3 is 2.83 bits per heavy atom. The molecule has 0 aromatic heterocycles. The van der Waals surface area contributed by atoms with Gasteiger partial charge < -0.3 is 0 Å². The van der Waals surface area contributed by atoms with Crippen LogP contribution in [0.25, 0.3) is 0 Å². The Balaban J connectivity index is 2.41. The third kappa shape index (κ3) is 2.16.